The van der Waals surface area contributed by atoms with E-state index in [0.717, 1.165) is 11.1 Å². The number of amides is 2. The number of hydrogen-bond donors (Lipinski definition) is 1. The van der Waals surface area contributed by atoms with Gasteiger partial charge in [0.15, 0.2) is 0 Å². The molecule has 1 fully saturated rings. The summed E-state index contributed by atoms with van der Waals surface area (Å²) in [5.74, 6) is -0.152. The van der Waals surface area contributed by atoms with Gasteiger partial charge in [-0.05, 0) is 29.7 Å². The molecule has 0 aromatic heterocycles. The second-order valence-corrected chi connectivity index (χ2v) is 6.86. The zero-order valence-electron chi connectivity index (χ0n) is 13.5. The molecule has 2 amide bonds. The van der Waals surface area contributed by atoms with Gasteiger partial charge in [-0.2, -0.15) is 0 Å². The van der Waals surface area contributed by atoms with Gasteiger partial charge in [0.25, 0.3) is 0 Å². The van der Waals surface area contributed by atoms with Crippen molar-refractivity contribution < 1.29 is 9.59 Å². The molecule has 4 nitrogen and oxygen atoms in total. The van der Waals surface area contributed by atoms with Crippen molar-refractivity contribution in [3.8, 4) is 0 Å². The molecule has 2 aromatic carbocycles. The summed E-state index contributed by atoms with van der Waals surface area (Å²) in [4.78, 5) is 26.4. The van der Waals surface area contributed by atoms with Crippen LogP contribution in [0, 0.1) is 0 Å². The van der Waals surface area contributed by atoms with Crippen molar-refractivity contribution in [2.45, 2.75) is 32.0 Å². The molecule has 0 radical (unpaired) electrons. The fourth-order valence-corrected chi connectivity index (χ4v) is 3.43. The predicted molar refractivity (Wildman–Crippen MR) is 98.3 cm³/mol. The van der Waals surface area contributed by atoms with Crippen LogP contribution < -0.4 is 5.32 Å². The summed E-state index contributed by atoms with van der Waals surface area (Å²) >= 11 is 12.0. The summed E-state index contributed by atoms with van der Waals surface area (Å²) in [6, 6.07) is 14.4. The number of hydrogen-bond acceptors (Lipinski definition) is 2. The second-order valence-electron chi connectivity index (χ2n) is 6.02. The van der Waals surface area contributed by atoms with Gasteiger partial charge in [-0.1, -0.05) is 59.6 Å². The lowest BCUT2D eigenvalue weighted by Gasteiger charge is -2.24. The van der Waals surface area contributed by atoms with Crippen LogP contribution in [-0.2, 0) is 22.7 Å². The Labute approximate surface area is 156 Å². The van der Waals surface area contributed by atoms with E-state index in [1.807, 2.05) is 30.3 Å². The Morgan fingerprint density at radius 1 is 1.16 bits per heavy atom. The van der Waals surface area contributed by atoms with E-state index in [4.69, 9.17) is 23.2 Å². The van der Waals surface area contributed by atoms with Crippen molar-refractivity contribution in [3.05, 3.63) is 69.7 Å². The van der Waals surface area contributed by atoms with Crippen molar-refractivity contribution in [2.24, 2.45) is 0 Å². The fourth-order valence-electron chi connectivity index (χ4n) is 2.95. The average molecular weight is 377 g/mol. The quantitative estimate of drug-likeness (QED) is 0.862. The van der Waals surface area contributed by atoms with E-state index in [1.165, 1.54) is 0 Å². The van der Waals surface area contributed by atoms with E-state index in [9.17, 15) is 9.59 Å². The Hall–Kier alpha value is -2.04. The van der Waals surface area contributed by atoms with E-state index in [0.29, 0.717) is 36.0 Å². The normalized spacial score (nSPS) is 17.0. The van der Waals surface area contributed by atoms with Gasteiger partial charge in [0, 0.05) is 29.6 Å². The second kappa shape index (κ2) is 7.89. The van der Waals surface area contributed by atoms with Crippen LogP contribution in [0.1, 0.15) is 24.0 Å². The summed E-state index contributed by atoms with van der Waals surface area (Å²) in [5, 5.41) is 3.94. The average Bonchev–Trinajstić information content (AvgIpc) is 2.96. The first kappa shape index (κ1) is 17.8. The molecular weight excluding hydrogens is 359 g/mol. The molecule has 1 saturated heterocycles. The SMILES string of the molecule is O=C(NCc1ccc(Cl)cc1Cl)[C@@H]1CCC(=O)N1Cc1ccccc1. The number of carbonyl (C=O) groups excluding carboxylic acids is 2. The predicted octanol–water partition coefficient (Wildman–Crippen LogP) is 3.80. The first-order valence-corrected chi connectivity index (χ1v) is 8.85. The van der Waals surface area contributed by atoms with Crippen molar-refractivity contribution in [1.29, 1.82) is 0 Å². The molecule has 1 aliphatic rings. The highest BCUT2D eigenvalue weighted by atomic mass is 35.5. The number of likely N-dealkylation sites (tertiary alicyclic amines) is 1. The zero-order valence-corrected chi connectivity index (χ0v) is 15.1. The first-order valence-electron chi connectivity index (χ1n) is 8.09. The van der Waals surface area contributed by atoms with E-state index in [1.54, 1.807) is 23.1 Å². The highest BCUT2D eigenvalue weighted by Crippen LogP contribution is 2.23. The number of halogens is 2. The molecule has 2 aromatic rings. The number of carbonyl (C=O) groups is 2. The Balaban J connectivity index is 1.64. The minimum atomic E-state index is -0.446. The molecule has 3 rings (SSSR count). The number of rotatable bonds is 5. The molecule has 25 heavy (non-hydrogen) atoms. The third-order valence-electron chi connectivity index (χ3n) is 4.29. The molecule has 1 N–H and O–H groups in total. The molecule has 0 saturated carbocycles. The van der Waals surface area contributed by atoms with Crippen LogP contribution in [0.5, 0.6) is 0 Å². The standard InChI is InChI=1S/C19H18Cl2N2O2/c20-15-7-6-14(16(21)10-15)11-22-19(25)17-8-9-18(24)23(17)12-13-4-2-1-3-5-13/h1-7,10,17H,8-9,11-12H2,(H,22,25)/t17-/m0/s1. The molecule has 1 atom stereocenters. The molecule has 1 heterocycles. The Kier molecular flexibility index (Phi) is 5.61. The van der Waals surface area contributed by atoms with Crippen LogP contribution in [0.4, 0.5) is 0 Å². The summed E-state index contributed by atoms with van der Waals surface area (Å²) in [5.41, 5.74) is 1.80. The third-order valence-corrected chi connectivity index (χ3v) is 4.88. The van der Waals surface area contributed by atoms with Crippen LogP contribution in [0.3, 0.4) is 0 Å². The highest BCUT2D eigenvalue weighted by Gasteiger charge is 2.35. The fraction of sp³-hybridized carbons (Fsp3) is 0.263. The van der Waals surface area contributed by atoms with Crippen molar-refractivity contribution >= 4 is 35.0 Å². The van der Waals surface area contributed by atoms with Gasteiger partial charge in [-0.15, -0.1) is 0 Å². The maximum atomic E-state index is 12.6. The van der Waals surface area contributed by atoms with E-state index >= 15 is 0 Å². The Morgan fingerprint density at radius 2 is 1.92 bits per heavy atom. The van der Waals surface area contributed by atoms with Crippen LogP contribution in [0.15, 0.2) is 48.5 Å². The lowest BCUT2D eigenvalue weighted by molar-refractivity contribution is -0.135. The van der Waals surface area contributed by atoms with Crippen molar-refractivity contribution in [2.75, 3.05) is 0 Å². The summed E-state index contributed by atoms with van der Waals surface area (Å²) in [7, 11) is 0. The minimum Gasteiger partial charge on any atom is -0.350 e. The molecule has 0 bridgehead atoms. The lowest BCUT2D eigenvalue weighted by atomic mass is 10.1. The lowest BCUT2D eigenvalue weighted by Crippen LogP contribution is -2.44. The van der Waals surface area contributed by atoms with E-state index in [2.05, 4.69) is 5.32 Å². The maximum absolute atomic E-state index is 12.6. The van der Waals surface area contributed by atoms with Gasteiger partial charge in [0.05, 0.1) is 0 Å². The van der Waals surface area contributed by atoms with E-state index in [-0.39, 0.29) is 11.8 Å². The van der Waals surface area contributed by atoms with Crippen LogP contribution in [-0.4, -0.2) is 22.8 Å². The van der Waals surface area contributed by atoms with Crippen LogP contribution in [0.2, 0.25) is 10.0 Å². The molecule has 0 unspecified atom stereocenters. The Morgan fingerprint density at radius 3 is 2.64 bits per heavy atom. The monoisotopic (exact) mass is 376 g/mol. The van der Waals surface area contributed by atoms with Gasteiger partial charge in [-0.3, -0.25) is 9.59 Å². The van der Waals surface area contributed by atoms with Gasteiger partial charge in [0.2, 0.25) is 11.8 Å². The molecule has 0 spiro atoms. The molecule has 1 aliphatic heterocycles. The molecule has 6 heteroatoms. The zero-order chi connectivity index (χ0) is 17.8. The minimum absolute atomic E-state index is 0.00790. The highest BCUT2D eigenvalue weighted by molar-refractivity contribution is 6.35. The van der Waals surface area contributed by atoms with Crippen molar-refractivity contribution in [3.63, 3.8) is 0 Å². The van der Waals surface area contributed by atoms with Gasteiger partial charge in [0.1, 0.15) is 6.04 Å². The van der Waals surface area contributed by atoms with Crippen LogP contribution in [0.25, 0.3) is 0 Å². The largest absolute Gasteiger partial charge is 0.350 e. The van der Waals surface area contributed by atoms with Gasteiger partial charge in [-0.25, -0.2) is 0 Å². The molecule has 130 valence electrons. The van der Waals surface area contributed by atoms with Crippen LogP contribution >= 0.6 is 23.2 Å². The third kappa shape index (κ3) is 4.33. The topological polar surface area (TPSA) is 49.4 Å². The van der Waals surface area contributed by atoms with Gasteiger partial charge >= 0.3 is 0 Å². The van der Waals surface area contributed by atoms with E-state index < -0.39 is 6.04 Å². The first-order chi connectivity index (χ1) is 12.0. The van der Waals surface area contributed by atoms with Gasteiger partial charge < -0.3 is 10.2 Å². The maximum Gasteiger partial charge on any atom is 0.243 e. The number of benzene rings is 2. The molecule has 0 aliphatic carbocycles. The summed E-state index contributed by atoms with van der Waals surface area (Å²) < 4.78 is 0. The summed E-state index contributed by atoms with van der Waals surface area (Å²) in [6.45, 7) is 0.748. The number of nitrogens with zero attached hydrogens (tertiary/aromatic N) is 1. The number of nitrogens with one attached hydrogen (secondary N) is 1. The molecular formula is C19H18Cl2N2O2. The van der Waals surface area contributed by atoms with Crippen molar-refractivity contribution in [1.82, 2.24) is 10.2 Å². The smallest absolute Gasteiger partial charge is 0.243 e. The Bertz CT molecular complexity index is 780. The summed E-state index contributed by atoms with van der Waals surface area (Å²) in [6.07, 6.45) is 0.929.